The number of rotatable bonds is 33. The van der Waals surface area contributed by atoms with E-state index in [4.69, 9.17) is 49.4 Å². The molecule has 6 rings (SSSR count). The number of aliphatic carboxylic acids is 1. The van der Waals surface area contributed by atoms with Gasteiger partial charge in [0.05, 0.1) is 76.7 Å². The zero-order chi connectivity index (χ0) is 74.5. The summed E-state index contributed by atoms with van der Waals surface area (Å²) in [6.07, 6.45) is -7.77. The van der Waals surface area contributed by atoms with Crippen LogP contribution in [0.2, 0.25) is 0 Å². The predicted octanol–water partition coefficient (Wildman–Crippen LogP) is 2.73. The first-order valence-corrected chi connectivity index (χ1v) is 30.0. The lowest BCUT2D eigenvalue weighted by Crippen LogP contribution is -2.52. The number of alkyl carbamates (subject to hydrolysis) is 2. The van der Waals surface area contributed by atoms with Crippen molar-refractivity contribution >= 4 is 77.7 Å². The Hall–Kier alpha value is -11.5. The van der Waals surface area contributed by atoms with E-state index in [0.29, 0.717) is 19.8 Å². The number of carboxylic acid groups (broad SMARTS) is 1. The molecule has 4 amide bonds. The summed E-state index contributed by atoms with van der Waals surface area (Å²) in [5.41, 5.74) is 22.9. The monoisotopic (exact) mass is 1410 g/mol. The highest BCUT2D eigenvalue weighted by atomic mass is 19.3. The molecule has 35 nitrogen and oxygen atoms in total. The van der Waals surface area contributed by atoms with Crippen LogP contribution in [-0.2, 0) is 122 Å². The molecule has 100 heavy (non-hydrogen) atoms. The minimum Gasteiger partial charge on any atom is -0.544 e. The predicted molar refractivity (Wildman–Crippen MR) is 336 cm³/mol. The third kappa shape index (κ3) is 44.3. The maximum absolute atomic E-state index is 13.0. The average Bonchev–Trinajstić information content (AvgIpc) is 1.23. The van der Waals surface area contributed by atoms with E-state index in [2.05, 4.69) is 61.3 Å². The summed E-state index contributed by atoms with van der Waals surface area (Å²) in [5.74, 6) is -9.47. The number of amides is 4. The summed E-state index contributed by atoms with van der Waals surface area (Å²) in [4.78, 5) is 150. The summed E-state index contributed by atoms with van der Waals surface area (Å²) >= 11 is 0. The molecule has 4 aromatic rings. The summed E-state index contributed by atoms with van der Waals surface area (Å²) in [6.45, 7) is 6.76. The van der Waals surface area contributed by atoms with Crippen LogP contribution in [0.4, 0.5) is 18.4 Å². The Balaban J connectivity index is 0.000000705. The Kier molecular flexibility index (Phi) is 45.6. The molecule has 2 aliphatic heterocycles. The van der Waals surface area contributed by atoms with Crippen LogP contribution in [0.25, 0.3) is 20.9 Å². The normalized spacial score (nSPS) is 13.7. The van der Waals surface area contributed by atoms with E-state index in [0.717, 1.165) is 28.8 Å². The van der Waals surface area contributed by atoms with E-state index in [1.54, 1.807) is 48.5 Å². The molecule has 0 radical (unpaired) electrons. The van der Waals surface area contributed by atoms with Gasteiger partial charge >= 0.3 is 59.9 Å². The molecule has 2 saturated heterocycles. The fourth-order valence-electron chi connectivity index (χ4n) is 7.44. The number of alkyl halides is 2. The largest absolute Gasteiger partial charge is 0.544 e. The van der Waals surface area contributed by atoms with E-state index >= 15 is 0 Å². The van der Waals surface area contributed by atoms with Gasteiger partial charge in [-0.3, -0.25) is 38.4 Å². The molecule has 2 heterocycles. The van der Waals surface area contributed by atoms with E-state index < -0.39 is 114 Å². The van der Waals surface area contributed by atoms with Gasteiger partial charge in [0.1, 0.15) is 44.5 Å². The first-order chi connectivity index (χ1) is 47.8. The number of hydrogen-bond donors (Lipinski definition) is 6. The minimum atomic E-state index is -3.34. The maximum Gasteiger partial charge on any atom is 0.415 e. The second-order valence-electron chi connectivity index (χ2n) is 20.0. The van der Waals surface area contributed by atoms with Gasteiger partial charge in [0, 0.05) is 50.2 Å². The minimum absolute atomic E-state index is 0.0113. The number of quaternary nitrogens is 1. The number of cyclic esters (lactones) is 4. The van der Waals surface area contributed by atoms with Crippen molar-refractivity contribution in [3.63, 3.8) is 0 Å². The van der Waals surface area contributed by atoms with Crippen LogP contribution in [0, 0.1) is 5.92 Å². The molecular formula is C63H77F2N11O24. The quantitative estimate of drug-likeness (QED) is 0.00759. The molecule has 1 unspecified atom stereocenters. The van der Waals surface area contributed by atoms with Crippen LogP contribution < -0.4 is 32.1 Å². The van der Waals surface area contributed by atoms with E-state index in [1.807, 2.05) is 72.8 Å². The lowest BCUT2D eigenvalue weighted by atomic mass is 9.92. The van der Waals surface area contributed by atoms with Crippen LogP contribution in [0.15, 0.2) is 132 Å². The maximum atomic E-state index is 13.0. The van der Waals surface area contributed by atoms with Crippen LogP contribution in [0.5, 0.6) is 0 Å². The van der Waals surface area contributed by atoms with Crippen LogP contribution in [0.3, 0.4) is 0 Å². The number of halogens is 2. The lowest BCUT2D eigenvalue weighted by Gasteiger charge is -2.26. The molecule has 0 aromatic heterocycles. The molecule has 0 spiro atoms. The first-order valence-electron chi connectivity index (χ1n) is 30.0. The van der Waals surface area contributed by atoms with Crippen LogP contribution >= 0.6 is 0 Å². The Morgan fingerprint density at radius 3 is 1.26 bits per heavy atom. The topological polar surface area (TPSA) is 522 Å². The van der Waals surface area contributed by atoms with Gasteiger partial charge in [-0.05, 0) is 39.7 Å². The molecule has 8 N–H and O–H groups in total. The third-order valence-corrected chi connectivity index (χ3v) is 11.9. The highest BCUT2D eigenvalue weighted by molar-refractivity contribution is 5.98. The third-order valence-electron chi connectivity index (χ3n) is 11.9. The molecule has 4 aromatic carbocycles. The van der Waals surface area contributed by atoms with Crippen molar-refractivity contribution in [1.29, 1.82) is 0 Å². The van der Waals surface area contributed by atoms with E-state index in [9.17, 15) is 71.4 Å². The first kappa shape index (κ1) is 86.5. The zero-order valence-electron chi connectivity index (χ0n) is 54.5. The number of nitrogens with one attached hydrogen (secondary N) is 4. The van der Waals surface area contributed by atoms with Crippen molar-refractivity contribution in [1.82, 2.24) is 21.3 Å². The van der Waals surface area contributed by atoms with Crippen molar-refractivity contribution in [3.8, 4) is 0 Å². The van der Waals surface area contributed by atoms with Crippen molar-refractivity contribution in [2.24, 2.45) is 16.1 Å². The zero-order valence-corrected chi connectivity index (χ0v) is 54.5. The SMILES string of the molecule is CC(=O)N[C@H](CC(=O)OCc1ccccc1)C(O)C[C@@H](CC(=O)OCc1ccccc1)C(=O)NCCOCCN=[N+]=[N-].CC(=O)OC(C)=O.O=C(C[C@@H]1NC(=O)OC1=O)OCc1ccccc1.O=C(C[C@H]1NC(=O)OC1=O)OCc1ccccc1.O=C([O-])C(F)F.[N-]=[N+]=NCCOCC[NH3+]. The van der Waals surface area contributed by atoms with E-state index in [-0.39, 0.29) is 84.8 Å². The summed E-state index contributed by atoms with van der Waals surface area (Å²) < 4.78 is 64.2. The van der Waals surface area contributed by atoms with Crippen LogP contribution in [0.1, 0.15) is 75.1 Å². The number of benzene rings is 4. The fourth-order valence-corrected chi connectivity index (χ4v) is 7.44. The second-order valence-corrected chi connectivity index (χ2v) is 20.0. The van der Waals surface area contributed by atoms with Gasteiger partial charge in [0.15, 0.2) is 0 Å². The highest BCUT2D eigenvalue weighted by Gasteiger charge is 2.36. The smallest absolute Gasteiger partial charge is 0.415 e. The number of aliphatic hydroxyl groups is 1. The number of hydrogen-bond acceptors (Lipinski definition) is 26. The van der Waals surface area contributed by atoms with Crippen molar-refractivity contribution < 1.29 is 130 Å². The molecule has 0 bridgehead atoms. The van der Waals surface area contributed by atoms with Gasteiger partial charge in [-0.2, -0.15) is 0 Å². The number of carboxylic acids is 1. The van der Waals surface area contributed by atoms with Gasteiger partial charge in [-0.25, -0.2) is 28.0 Å². The van der Waals surface area contributed by atoms with Crippen molar-refractivity contribution in [2.45, 2.75) is 110 Å². The van der Waals surface area contributed by atoms with Gasteiger partial charge in [0.2, 0.25) is 11.8 Å². The van der Waals surface area contributed by atoms with Gasteiger partial charge in [-0.1, -0.05) is 132 Å². The van der Waals surface area contributed by atoms with Gasteiger partial charge in [0.25, 0.3) is 6.43 Å². The lowest BCUT2D eigenvalue weighted by molar-refractivity contribution is -0.374. The molecule has 542 valence electrons. The van der Waals surface area contributed by atoms with E-state index in [1.165, 1.54) is 20.8 Å². The number of aliphatic hydroxyl groups excluding tert-OH is 1. The van der Waals surface area contributed by atoms with Crippen molar-refractivity contribution in [2.75, 3.05) is 52.6 Å². The molecule has 2 fully saturated rings. The fraction of sp³-hybridized carbons (Fsp3) is 0.413. The standard InChI is InChI=1S/C29H37N5O8.2C12H11NO5.C4H10N4O.C4H6O3.C2H2F2O2/c1-21(35)33-25(18-28(38)42-20-23-10-6-3-7-11-23)26(36)16-24(29(39)31-12-14-40-15-13-32-34-30)17-27(37)41-19-22-8-4-2-5-9-22;2*14-10(6-9-11(15)18-12(16)13-9)17-7-8-4-2-1-3-5-8;5-1-3-9-4-2-7-8-6;1-3(5)7-4(2)6;3-1(4)2(5)6/h2-11,24-26,36H,12-20H2,1H3,(H,31,39)(H,33,35);2*1-5,9H,6-7H2,(H,13,16);1-5H2;1-2H3;1H,(H,5,6)/t24-,25+,26?;2*9-;;;/m010.../s1. The summed E-state index contributed by atoms with van der Waals surface area (Å²) in [5, 5.41) is 36.1. The average molecular weight is 1410 g/mol. The van der Waals surface area contributed by atoms with Gasteiger partial charge < -0.3 is 84.6 Å². The number of nitrogens with zero attached hydrogens (tertiary/aromatic N) is 6. The molecule has 5 atom stereocenters. The number of carbonyl (C=O) groups excluding carboxylic acids is 13. The number of azide groups is 2. The number of esters is 8. The Bertz CT molecular complexity index is 3220. The molecule has 37 heteroatoms. The molecule has 2 aliphatic rings. The number of carbonyl (C=O) groups is 13. The Morgan fingerprint density at radius 2 is 0.950 bits per heavy atom. The molecular weight excluding hydrogens is 1330 g/mol. The van der Waals surface area contributed by atoms with Crippen molar-refractivity contribution in [3.05, 3.63) is 164 Å². The second kappa shape index (κ2) is 52.7. The number of ether oxygens (including phenoxy) is 9. The Morgan fingerprint density at radius 1 is 0.590 bits per heavy atom. The molecule has 0 aliphatic carbocycles. The summed E-state index contributed by atoms with van der Waals surface area (Å²) in [7, 11) is 0. The highest BCUT2D eigenvalue weighted by Crippen LogP contribution is 2.19. The molecule has 0 saturated carbocycles. The summed E-state index contributed by atoms with van der Waals surface area (Å²) in [6, 6.07) is 33.4. The van der Waals surface area contributed by atoms with Crippen LogP contribution in [-0.4, -0.2) is 166 Å². The van der Waals surface area contributed by atoms with Gasteiger partial charge in [-0.15, -0.1) is 0 Å². The Labute approximate surface area is 570 Å².